The van der Waals surface area contributed by atoms with Crippen LogP contribution in [0.25, 0.3) is 0 Å². The molecule has 2 aromatic carbocycles. The molecule has 20 heavy (non-hydrogen) atoms. The van der Waals surface area contributed by atoms with Crippen molar-refractivity contribution in [3.63, 3.8) is 0 Å². The van der Waals surface area contributed by atoms with E-state index in [2.05, 4.69) is 24.4 Å². The molecule has 3 heteroatoms. The van der Waals surface area contributed by atoms with Crippen molar-refractivity contribution in [1.82, 2.24) is 5.32 Å². The first-order chi connectivity index (χ1) is 9.70. The fraction of sp³-hybridized carbons (Fsp3) is 0.235. The van der Waals surface area contributed by atoms with Crippen LogP contribution in [0.1, 0.15) is 40.9 Å². The second-order valence-corrected chi connectivity index (χ2v) is 4.82. The Morgan fingerprint density at radius 2 is 1.90 bits per heavy atom. The molecule has 0 bridgehead atoms. The molecule has 0 aliphatic rings. The Morgan fingerprint density at radius 3 is 2.55 bits per heavy atom. The summed E-state index contributed by atoms with van der Waals surface area (Å²) in [5.41, 5.74) is 8.19. The predicted molar refractivity (Wildman–Crippen MR) is 81.3 cm³/mol. The van der Waals surface area contributed by atoms with Crippen molar-refractivity contribution in [2.45, 2.75) is 25.9 Å². The summed E-state index contributed by atoms with van der Waals surface area (Å²) in [6, 6.07) is 18.1. The van der Waals surface area contributed by atoms with Gasteiger partial charge in [0.1, 0.15) is 0 Å². The van der Waals surface area contributed by atoms with Crippen molar-refractivity contribution < 1.29 is 4.79 Å². The molecule has 3 N–H and O–H groups in total. The van der Waals surface area contributed by atoms with E-state index in [4.69, 9.17) is 5.73 Å². The van der Waals surface area contributed by atoms with Gasteiger partial charge >= 0.3 is 0 Å². The number of benzene rings is 2. The summed E-state index contributed by atoms with van der Waals surface area (Å²) in [6.07, 6.45) is 1.01. The van der Waals surface area contributed by atoms with Gasteiger partial charge in [0.05, 0.1) is 0 Å². The first-order valence-electron chi connectivity index (χ1n) is 6.87. The van der Waals surface area contributed by atoms with Crippen LogP contribution in [0.15, 0.2) is 54.6 Å². The van der Waals surface area contributed by atoms with Crippen LogP contribution in [0, 0.1) is 0 Å². The molecule has 1 unspecified atom stereocenters. The van der Waals surface area contributed by atoms with Crippen molar-refractivity contribution in [3.05, 3.63) is 71.3 Å². The summed E-state index contributed by atoms with van der Waals surface area (Å²) in [5.74, 6) is -0.387. The second-order valence-electron chi connectivity index (χ2n) is 4.82. The van der Waals surface area contributed by atoms with Crippen LogP contribution >= 0.6 is 0 Å². The molecular weight excluding hydrogens is 248 g/mol. The molecule has 0 spiro atoms. The van der Waals surface area contributed by atoms with E-state index in [0.717, 1.165) is 12.0 Å². The van der Waals surface area contributed by atoms with Gasteiger partial charge < -0.3 is 11.1 Å². The Balaban J connectivity index is 2.03. The van der Waals surface area contributed by atoms with Crippen molar-refractivity contribution >= 4 is 5.91 Å². The number of carbonyl (C=O) groups is 1. The maximum Gasteiger partial charge on any atom is 0.248 e. The number of amides is 1. The zero-order chi connectivity index (χ0) is 14.4. The third-order valence-electron chi connectivity index (χ3n) is 3.37. The molecule has 2 aromatic rings. The van der Waals surface area contributed by atoms with Gasteiger partial charge in [-0.3, -0.25) is 4.79 Å². The minimum absolute atomic E-state index is 0.313. The lowest BCUT2D eigenvalue weighted by Gasteiger charge is -2.17. The molecule has 1 atom stereocenters. The second kappa shape index (κ2) is 6.87. The summed E-state index contributed by atoms with van der Waals surface area (Å²) in [7, 11) is 0. The zero-order valence-electron chi connectivity index (χ0n) is 11.7. The Bertz CT molecular complexity index is 566. The average molecular weight is 268 g/mol. The van der Waals surface area contributed by atoms with E-state index < -0.39 is 0 Å². The number of rotatable bonds is 6. The first-order valence-corrected chi connectivity index (χ1v) is 6.87. The quantitative estimate of drug-likeness (QED) is 0.846. The monoisotopic (exact) mass is 268 g/mol. The Kier molecular flexibility index (Phi) is 4.91. The highest BCUT2D eigenvalue weighted by Crippen LogP contribution is 2.17. The first kappa shape index (κ1) is 14.3. The molecule has 0 heterocycles. The zero-order valence-corrected chi connectivity index (χ0v) is 11.7. The van der Waals surface area contributed by atoms with Crippen LogP contribution in [0.5, 0.6) is 0 Å². The van der Waals surface area contributed by atoms with Gasteiger partial charge in [0.15, 0.2) is 0 Å². The lowest BCUT2D eigenvalue weighted by Crippen LogP contribution is -2.20. The van der Waals surface area contributed by atoms with Crippen LogP contribution in [0.2, 0.25) is 0 Å². The van der Waals surface area contributed by atoms with Crippen molar-refractivity contribution in [3.8, 4) is 0 Å². The maximum absolute atomic E-state index is 11.2. The van der Waals surface area contributed by atoms with E-state index in [1.807, 2.05) is 36.4 Å². The van der Waals surface area contributed by atoms with Gasteiger partial charge in [-0.1, -0.05) is 49.4 Å². The lowest BCUT2D eigenvalue weighted by molar-refractivity contribution is 0.1000. The molecule has 0 aliphatic heterocycles. The molecule has 0 saturated carbocycles. The topological polar surface area (TPSA) is 55.1 Å². The highest BCUT2D eigenvalue weighted by molar-refractivity contribution is 5.92. The van der Waals surface area contributed by atoms with Crippen LogP contribution < -0.4 is 11.1 Å². The van der Waals surface area contributed by atoms with Crippen molar-refractivity contribution in [1.29, 1.82) is 0 Å². The SMILES string of the molecule is CCC(NCc1cccc(C(N)=O)c1)c1ccccc1. The highest BCUT2D eigenvalue weighted by Gasteiger charge is 2.08. The normalized spacial score (nSPS) is 12.1. The minimum Gasteiger partial charge on any atom is -0.366 e. The standard InChI is InChI=1S/C17H20N2O/c1-2-16(14-8-4-3-5-9-14)19-12-13-7-6-10-15(11-13)17(18)20/h3-11,16,19H,2,12H2,1H3,(H2,18,20). The number of primary amides is 1. The Labute approximate surface area is 119 Å². The molecule has 104 valence electrons. The summed E-state index contributed by atoms with van der Waals surface area (Å²) in [6.45, 7) is 2.87. The van der Waals surface area contributed by atoms with E-state index in [9.17, 15) is 4.79 Å². The maximum atomic E-state index is 11.2. The van der Waals surface area contributed by atoms with Crippen LogP contribution in [-0.2, 0) is 6.54 Å². The highest BCUT2D eigenvalue weighted by atomic mass is 16.1. The van der Waals surface area contributed by atoms with Gasteiger partial charge in [0.2, 0.25) is 5.91 Å². The van der Waals surface area contributed by atoms with Crippen LogP contribution in [0.3, 0.4) is 0 Å². The molecular formula is C17H20N2O. The number of nitrogens with two attached hydrogens (primary N) is 1. The van der Waals surface area contributed by atoms with Crippen molar-refractivity contribution in [2.24, 2.45) is 5.73 Å². The molecule has 0 radical (unpaired) electrons. The average Bonchev–Trinajstić information content (AvgIpc) is 2.49. The molecule has 0 aliphatic carbocycles. The molecule has 1 amide bonds. The molecule has 0 fully saturated rings. The summed E-state index contributed by atoms with van der Waals surface area (Å²) < 4.78 is 0. The largest absolute Gasteiger partial charge is 0.366 e. The fourth-order valence-electron chi connectivity index (χ4n) is 2.26. The van der Waals surface area contributed by atoms with E-state index >= 15 is 0 Å². The Morgan fingerprint density at radius 1 is 1.15 bits per heavy atom. The van der Waals surface area contributed by atoms with E-state index in [1.54, 1.807) is 6.07 Å². The van der Waals surface area contributed by atoms with Crippen molar-refractivity contribution in [2.75, 3.05) is 0 Å². The number of nitrogens with one attached hydrogen (secondary N) is 1. The lowest BCUT2D eigenvalue weighted by atomic mass is 10.0. The molecule has 3 nitrogen and oxygen atoms in total. The van der Waals surface area contributed by atoms with Gasteiger partial charge in [-0.25, -0.2) is 0 Å². The van der Waals surface area contributed by atoms with Gasteiger partial charge in [0.25, 0.3) is 0 Å². The van der Waals surface area contributed by atoms with E-state index in [-0.39, 0.29) is 5.91 Å². The smallest absolute Gasteiger partial charge is 0.248 e. The summed E-state index contributed by atoms with van der Waals surface area (Å²) >= 11 is 0. The summed E-state index contributed by atoms with van der Waals surface area (Å²) in [4.78, 5) is 11.2. The van der Waals surface area contributed by atoms with Crippen LogP contribution in [-0.4, -0.2) is 5.91 Å². The fourth-order valence-corrected chi connectivity index (χ4v) is 2.26. The third kappa shape index (κ3) is 3.68. The van der Waals surface area contributed by atoms with Crippen LogP contribution in [0.4, 0.5) is 0 Å². The number of hydrogen-bond acceptors (Lipinski definition) is 2. The summed E-state index contributed by atoms with van der Waals surface area (Å²) in [5, 5.41) is 3.52. The Hall–Kier alpha value is -2.13. The number of hydrogen-bond donors (Lipinski definition) is 2. The van der Waals surface area contributed by atoms with E-state index in [1.165, 1.54) is 5.56 Å². The van der Waals surface area contributed by atoms with Gasteiger partial charge in [-0.05, 0) is 29.7 Å². The predicted octanol–water partition coefficient (Wildman–Crippen LogP) is 3.03. The molecule has 0 saturated heterocycles. The number of carbonyl (C=O) groups excluding carboxylic acids is 1. The van der Waals surface area contributed by atoms with Gasteiger partial charge in [-0.2, -0.15) is 0 Å². The third-order valence-corrected chi connectivity index (χ3v) is 3.37. The van der Waals surface area contributed by atoms with Gasteiger partial charge in [-0.15, -0.1) is 0 Å². The minimum atomic E-state index is -0.387. The van der Waals surface area contributed by atoms with Gasteiger partial charge in [0, 0.05) is 18.2 Å². The van der Waals surface area contributed by atoms with E-state index in [0.29, 0.717) is 18.2 Å². The molecule has 0 aromatic heterocycles. The molecule has 2 rings (SSSR count).